The molecule has 4 heteroatoms. The van der Waals surface area contributed by atoms with E-state index < -0.39 is 11.9 Å². The van der Waals surface area contributed by atoms with Gasteiger partial charge in [-0.3, -0.25) is 4.79 Å². The Kier molecular flexibility index (Phi) is 4.63. The number of carbonyl (C=O) groups is 1. The summed E-state index contributed by atoms with van der Waals surface area (Å²) in [6.07, 6.45) is -0.584. The fourth-order valence-electron chi connectivity index (χ4n) is 1.49. The van der Waals surface area contributed by atoms with Gasteiger partial charge >= 0.3 is 0 Å². The van der Waals surface area contributed by atoms with Gasteiger partial charge in [0.25, 0.3) is 5.91 Å². The van der Waals surface area contributed by atoms with Crippen molar-refractivity contribution in [2.24, 2.45) is 0 Å². The maximum Gasteiger partial charge on any atom is 0.253 e. The number of halogens is 1. The van der Waals surface area contributed by atoms with E-state index in [1.165, 1.54) is 6.07 Å². The Labute approximate surface area is 101 Å². The van der Waals surface area contributed by atoms with Crippen LogP contribution in [-0.4, -0.2) is 18.6 Å². The number of aryl methyl sites for hydroxylation is 1. The van der Waals surface area contributed by atoms with Crippen LogP contribution in [0, 0.1) is 19.7 Å². The molecule has 3 nitrogen and oxygen atoms in total. The molecular weight excluding hydrogens is 221 g/mol. The number of ether oxygens (including phenoxy) is 1. The highest BCUT2D eigenvalue weighted by Gasteiger charge is 2.16. The summed E-state index contributed by atoms with van der Waals surface area (Å²) in [6.45, 7) is 7.55. The van der Waals surface area contributed by atoms with Crippen LogP contribution in [0.2, 0.25) is 0 Å². The van der Waals surface area contributed by atoms with Crippen molar-refractivity contribution < 1.29 is 13.9 Å². The molecule has 0 saturated carbocycles. The highest BCUT2D eigenvalue weighted by atomic mass is 19.1. The molecule has 1 amide bonds. The Morgan fingerprint density at radius 2 is 2.12 bits per heavy atom. The van der Waals surface area contributed by atoms with E-state index in [4.69, 9.17) is 4.74 Å². The first-order valence-electron chi connectivity index (χ1n) is 5.65. The van der Waals surface area contributed by atoms with E-state index in [9.17, 15) is 9.18 Å². The first-order chi connectivity index (χ1) is 7.97. The van der Waals surface area contributed by atoms with E-state index in [2.05, 4.69) is 5.32 Å². The van der Waals surface area contributed by atoms with Gasteiger partial charge in [0.15, 0.2) is 0 Å². The second-order valence-electron chi connectivity index (χ2n) is 3.95. The Hall–Kier alpha value is -1.42. The molecule has 0 aliphatic rings. The number of amides is 1. The standard InChI is InChI=1S/C13H18FNO2/c1-5-17-10(4)13(16)15-12-9(3)8(2)6-7-11(12)14/h6-7,10H,5H2,1-4H3,(H,15,16). The minimum Gasteiger partial charge on any atom is -0.369 e. The third-order valence-electron chi connectivity index (χ3n) is 2.72. The van der Waals surface area contributed by atoms with Crippen LogP contribution in [0.5, 0.6) is 0 Å². The number of benzene rings is 1. The highest BCUT2D eigenvalue weighted by molar-refractivity contribution is 5.94. The number of carbonyl (C=O) groups excluding carboxylic acids is 1. The molecule has 1 rings (SSSR count). The van der Waals surface area contributed by atoms with E-state index in [1.54, 1.807) is 19.9 Å². The third kappa shape index (κ3) is 3.27. The molecular formula is C13H18FNO2. The van der Waals surface area contributed by atoms with Crippen molar-refractivity contribution in [1.29, 1.82) is 0 Å². The van der Waals surface area contributed by atoms with Gasteiger partial charge in [0.2, 0.25) is 0 Å². The van der Waals surface area contributed by atoms with Crippen LogP contribution in [-0.2, 0) is 9.53 Å². The van der Waals surface area contributed by atoms with Crippen LogP contribution in [0.1, 0.15) is 25.0 Å². The lowest BCUT2D eigenvalue weighted by molar-refractivity contribution is -0.126. The average molecular weight is 239 g/mol. The molecule has 0 spiro atoms. The molecule has 0 heterocycles. The van der Waals surface area contributed by atoms with Gasteiger partial charge in [-0.2, -0.15) is 0 Å². The molecule has 1 atom stereocenters. The maximum atomic E-state index is 13.6. The van der Waals surface area contributed by atoms with Crippen molar-refractivity contribution in [3.63, 3.8) is 0 Å². The molecule has 0 aliphatic heterocycles. The molecule has 17 heavy (non-hydrogen) atoms. The second kappa shape index (κ2) is 5.77. The van der Waals surface area contributed by atoms with Crippen LogP contribution in [0.25, 0.3) is 0 Å². The molecule has 0 fully saturated rings. The van der Waals surface area contributed by atoms with E-state index >= 15 is 0 Å². The number of anilines is 1. The van der Waals surface area contributed by atoms with E-state index in [0.29, 0.717) is 6.61 Å². The van der Waals surface area contributed by atoms with Gasteiger partial charge in [0, 0.05) is 6.61 Å². The second-order valence-corrected chi connectivity index (χ2v) is 3.95. The largest absolute Gasteiger partial charge is 0.369 e. The van der Waals surface area contributed by atoms with Gasteiger partial charge < -0.3 is 10.1 Å². The Bertz CT molecular complexity index is 418. The molecule has 1 aromatic carbocycles. The Balaban J connectivity index is 2.88. The van der Waals surface area contributed by atoms with Crippen LogP contribution < -0.4 is 5.32 Å². The lowest BCUT2D eigenvalue weighted by Gasteiger charge is -2.15. The summed E-state index contributed by atoms with van der Waals surface area (Å²) in [6, 6.07) is 3.04. The quantitative estimate of drug-likeness (QED) is 0.877. The molecule has 94 valence electrons. The molecule has 0 aromatic heterocycles. The van der Waals surface area contributed by atoms with E-state index in [1.807, 2.05) is 13.8 Å². The summed E-state index contributed by atoms with van der Waals surface area (Å²) >= 11 is 0. The predicted molar refractivity (Wildman–Crippen MR) is 65.6 cm³/mol. The highest BCUT2D eigenvalue weighted by Crippen LogP contribution is 2.22. The first kappa shape index (κ1) is 13.6. The van der Waals surface area contributed by atoms with Crippen molar-refractivity contribution in [1.82, 2.24) is 0 Å². The fourth-order valence-corrected chi connectivity index (χ4v) is 1.49. The number of hydrogen-bond donors (Lipinski definition) is 1. The van der Waals surface area contributed by atoms with Crippen LogP contribution in [0.4, 0.5) is 10.1 Å². The molecule has 1 N–H and O–H groups in total. The smallest absolute Gasteiger partial charge is 0.253 e. The van der Waals surface area contributed by atoms with E-state index in [-0.39, 0.29) is 11.6 Å². The normalized spacial score (nSPS) is 12.3. The first-order valence-corrected chi connectivity index (χ1v) is 5.65. The van der Waals surface area contributed by atoms with Gasteiger partial charge in [-0.1, -0.05) is 6.07 Å². The van der Waals surface area contributed by atoms with Crippen LogP contribution >= 0.6 is 0 Å². The van der Waals surface area contributed by atoms with Crippen molar-refractivity contribution >= 4 is 11.6 Å². The van der Waals surface area contributed by atoms with Gasteiger partial charge in [0.05, 0.1) is 5.69 Å². The summed E-state index contributed by atoms with van der Waals surface area (Å²) in [5.74, 6) is -0.760. The zero-order chi connectivity index (χ0) is 13.0. The van der Waals surface area contributed by atoms with Crippen LogP contribution in [0.3, 0.4) is 0 Å². The molecule has 0 radical (unpaired) electrons. The minimum absolute atomic E-state index is 0.238. The lowest BCUT2D eigenvalue weighted by Crippen LogP contribution is -2.28. The van der Waals surface area contributed by atoms with Gasteiger partial charge in [-0.15, -0.1) is 0 Å². The number of rotatable bonds is 4. The zero-order valence-electron chi connectivity index (χ0n) is 10.6. The summed E-state index contributed by atoms with van der Waals surface area (Å²) < 4.78 is 18.7. The monoisotopic (exact) mass is 239 g/mol. The maximum absolute atomic E-state index is 13.6. The average Bonchev–Trinajstić information content (AvgIpc) is 2.29. The van der Waals surface area contributed by atoms with Gasteiger partial charge in [-0.25, -0.2) is 4.39 Å². The summed E-state index contributed by atoms with van der Waals surface area (Å²) in [5.41, 5.74) is 1.91. The fraction of sp³-hybridized carbons (Fsp3) is 0.462. The number of nitrogens with one attached hydrogen (secondary N) is 1. The zero-order valence-corrected chi connectivity index (χ0v) is 10.6. The SMILES string of the molecule is CCOC(C)C(=O)Nc1c(F)ccc(C)c1C. The van der Waals surface area contributed by atoms with Crippen molar-refractivity contribution in [2.75, 3.05) is 11.9 Å². The van der Waals surface area contributed by atoms with E-state index in [0.717, 1.165) is 11.1 Å². The minimum atomic E-state index is -0.584. The van der Waals surface area contributed by atoms with Crippen molar-refractivity contribution in [3.05, 3.63) is 29.1 Å². The molecule has 1 unspecified atom stereocenters. The number of hydrogen-bond acceptors (Lipinski definition) is 2. The van der Waals surface area contributed by atoms with Crippen LogP contribution in [0.15, 0.2) is 12.1 Å². The lowest BCUT2D eigenvalue weighted by atomic mass is 10.1. The summed E-state index contributed by atoms with van der Waals surface area (Å²) in [5, 5.41) is 2.56. The molecule has 0 aliphatic carbocycles. The molecule has 0 bridgehead atoms. The van der Waals surface area contributed by atoms with Crippen molar-refractivity contribution in [2.45, 2.75) is 33.8 Å². The molecule has 0 saturated heterocycles. The third-order valence-corrected chi connectivity index (χ3v) is 2.72. The summed E-state index contributed by atoms with van der Waals surface area (Å²) in [4.78, 5) is 11.7. The van der Waals surface area contributed by atoms with Crippen molar-refractivity contribution in [3.8, 4) is 0 Å². The Morgan fingerprint density at radius 1 is 1.47 bits per heavy atom. The summed E-state index contributed by atoms with van der Waals surface area (Å²) in [7, 11) is 0. The topological polar surface area (TPSA) is 38.3 Å². The predicted octanol–water partition coefficient (Wildman–Crippen LogP) is 2.81. The Morgan fingerprint density at radius 3 is 2.71 bits per heavy atom. The van der Waals surface area contributed by atoms with Gasteiger partial charge in [-0.05, 0) is 44.9 Å². The van der Waals surface area contributed by atoms with Gasteiger partial charge in [0.1, 0.15) is 11.9 Å². The molecule has 1 aromatic rings.